The van der Waals surface area contributed by atoms with E-state index in [0.29, 0.717) is 10.8 Å². The molecule has 0 fully saturated rings. The first kappa shape index (κ1) is 13.7. The maximum atomic E-state index is 10.5. The van der Waals surface area contributed by atoms with Crippen LogP contribution >= 0.6 is 27.5 Å². The van der Waals surface area contributed by atoms with Crippen LogP contribution in [0.5, 0.6) is 0 Å². The molecule has 1 unspecified atom stereocenters. The van der Waals surface area contributed by atoms with Crippen LogP contribution in [0.25, 0.3) is 11.0 Å². The zero-order valence-electron chi connectivity index (χ0n) is 10.7. The van der Waals surface area contributed by atoms with E-state index in [1.807, 2.05) is 25.1 Å². The molecule has 1 aromatic heterocycles. The first-order chi connectivity index (χ1) is 9.56. The lowest BCUT2D eigenvalue weighted by Gasteiger charge is -2.09. The van der Waals surface area contributed by atoms with Gasteiger partial charge in [0.2, 0.25) is 0 Å². The van der Waals surface area contributed by atoms with E-state index >= 15 is 0 Å². The van der Waals surface area contributed by atoms with Gasteiger partial charge in [-0.15, -0.1) is 0 Å². The summed E-state index contributed by atoms with van der Waals surface area (Å²) >= 11 is 9.31. The third-order valence-corrected chi connectivity index (χ3v) is 4.11. The van der Waals surface area contributed by atoms with Crippen molar-refractivity contribution < 1.29 is 9.52 Å². The van der Waals surface area contributed by atoms with E-state index in [1.54, 1.807) is 24.3 Å². The summed E-state index contributed by atoms with van der Waals surface area (Å²) in [6, 6.07) is 12.9. The fourth-order valence-corrected chi connectivity index (χ4v) is 2.76. The van der Waals surface area contributed by atoms with E-state index in [4.69, 9.17) is 16.0 Å². The normalized spacial score (nSPS) is 12.8. The first-order valence-corrected chi connectivity index (χ1v) is 7.35. The average Bonchev–Trinajstić information content (AvgIpc) is 2.76. The van der Waals surface area contributed by atoms with Gasteiger partial charge in [0.15, 0.2) is 0 Å². The SMILES string of the molecule is Cc1c(C(O)c2ccc(Cl)cc2)oc2ccc(Br)cc12. The highest BCUT2D eigenvalue weighted by Gasteiger charge is 2.19. The summed E-state index contributed by atoms with van der Waals surface area (Å²) in [4.78, 5) is 0. The second-order valence-corrected chi connectivity index (χ2v) is 6.04. The maximum Gasteiger partial charge on any atom is 0.141 e. The lowest BCUT2D eigenvalue weighted by Crippen LogP contribution is -1.99. The van der Waals surface area contributed by atoms with Gasteiger partial charge >= 0.3 is 0 Å². The van der Waals surface area contributed by atoms with E-state index in [9.17, 15) is 5.11 Å². The average molecular weight is 352 g/mol. The number of aliphatic hydroxyl groups excluding tert-OH is 1. The van der Waals surface area contributed by atoms with Crippen LogP contribution in [0.4, 0.5) is 0 Å². The van der Waals surface area contributed by atoms with Gasteiger partial charge < -0.3 is 9.52 Å². The number of hydrogen-bond acceptors (Lipinski definition) is 2. The summed E-state index contributed by atoms with van der Waals surface area (Å²) in [6.45, 7) is 1.95. The molecule has 1 atom stereocenters. The van der Waals surface area contributed by atoms with E-state index in [-0.39, 0.29) is 0 Å². The summed E-state index contributed by atoms with van der Waals surface area (Å²) in [5.41, 5.74) is 2.48. The molecule has 4 heteroatoms. The van der Waals surface area contributed by atoms with Crippen molar-refractivity contribution in [2.24, 2.45) is 0 Å². The molecule has 2 aromatic carbocycles. The highest BCUT2D eigenvalue weighted by atomic mass is 79.9. The Bertz CT molecular complexity index is 762. The minimum absolute atomic E-state index is 0.570. The molecule has 20 heavy (non-hydrogen) atoms. The van der Waals surface area contributed by atoms with Crippen LogP contribution in [0.3, 0.4) is 0 Å². The molecule has 102 valence electrons. The van der Waals surface area contributed by atoms with Crippen molar-refractivity contribution >= 4 is 38.5 Å². The van der Waals surface area contributed by atoms with Crippen LogP contribution in [-0.2, 0) is 0 Å². The van der Waals surface area contributed by atoms with E-state index < -0.39 is 6.10 Å². The Morgan fingerprint density at radius 3 is 2.55 bits per heavy atom. The van der Waals surface area contributed by atoms with Gasteiger partial charge in [-0.1, -0.05) is 39.7 Å². The lowest BCUT2D eigenvalue weighted by atomic mass is 10.0. The second kappa shape index (κ2) is 5.24. The zero-order valence-corrected chi connectivity index (χ0v) is 13.1. The summed E-state index contributed by atoms with van der Waals surface area (Å²) in [7, 11) is 0. The Morgan fingerprint density at radius 1 is 1.15 bits per heavy atom. The van der Waals surface area contributed by atoms with Crippen LogP contribution in [0.1, 0.15) is 23.0 Å². The summed E-state index contributed by atoms with van der Waals surface area (Å²) in [5.74, 6) is 0.570. The number of rotatable bonds is 2. The fourth-order valence-electron chi connectivity index (χ4n) is 2.27. The van der Waals surface area contributed by atoms with Crippen molar-refractivity contribution in [1.29, 1.82) is 0 Å². The molecule has 0 bridgehead atoms. The molecule has 0 saturated heterocycles. The Morgan fingerprint density at radius 2 is 1.85 bits per heavy atom. The topological polar surface area (TPSA) is 33.4 Å². The van der Waals surface area contributed by atoms with Crippen molar-refractivity contribution in [3.63, 3.8) is 0 Å². The predicted molar refractivity (Wildman–Crippen MR) is 84.2 cm³/mol. The largest absolute Gasteiger partial charge is 0.458 e. The Hall–Kier alpha value is -1.29. The molecule has 0 aliphatic rings. The van der Waals surface area contributed by atoms with Crippen LogP contribution in [0, 0.1) is 6.92 Å². The molecule has 3 rings (SSSR count). The highest BCUT2D eigenvalue weighted by Crippen LogP contribution is 2.34. The van der Waals surface area contributed by atoms with E-state index in [1.165, 1.54) is 0 Å². The van der Waals surface area contributed by atoms with Gasteiger partial charge in [-0.25, -0.2) is 0 Å². The second-order valence-electron chi connectivity index (χ2n) is 4.69. The fraction of sp³-hybridized carbons (Fsp3) is 0.125. The number of aliphatic hydroxyl groups is 1. The summed E-state index contributed by atoms with van der Waals surface area (Å²) < 4.78 is 6.78. The number of fused-ring (bicyclic) bond motifs is 1. The van der Waals surface area contributed by atoms with E-state index in [2.05, 4.69) is 15.9 Å². The molecule has 0 saturated carbocycles. The molecule has 1 N–H and O–H groups in total. The van der Waals surface area contributed by atoms with Gasteiger partial charge in [-0.2, -0.15) is 0 Å². The predicted octanol–water partition coefficient (Wildman–Crippen LogP) is 5.24. The number of aryl methyl sites for hydroxylation is 1. The first-order valence-electron chi connectivity index (χ1n) is 6.18. The molecule has 3 aromatic rings. The minimum atomic E-state index is -0.793. The van der Waals surface area contributed by atoms with Gasteiger partial charge in [-0.3, -0.25) is 0 Å². The van der Waals surface area contributed by atoms with Gasteiger partial charge in [0.1, 0.15) is 17.4 Å². The van der Waals surface area contributed by atoms with Crippen molar-refractivity contribution in [1.82, 2.24) is 0 Å². The quantitative estimate of drug-likeness (QED) is 0.685. The van der Waals surface area contributed by atoms with Gasteiger partial charge in [-0.05, 0) is 42.8 Å². The molecule has 1 heterocycles. The van der Waals surface area contributed by atoms with Crippen molar-refractivity contribution in [3.05, 3.63) is 68.8 Å². The maximum absolute atomic E-state index is 10.5. The Labute approximate surface area is 130 Å². The monoisotopic (exact) mass is 350 g/mol. The third kappa shape index (κ3) is 2.37. The number of furan rings is 1. The zero-order chi connectivity index (χ0) is 14.3. The van der Waals surface area contributed by atoms with Crippen LogP contribution in [0.15, 0.2) is 51.4 Å². The van der Waals surface area contributed by atoms with Crippen molar-refractivity contribution in [2.75, 3.05) is 0 Å². The molecule has 2 nitrogen and oxygen atoms in total. The van der Waals surface area contributed by atoms with Crippen LogP contribution in [0.2, 0.25) is 5.02 Å². The number of hydrogen-bond donors (Lipinski definition) is 1. The van der Waals surface area contributed by atoms with Gasteiger partial charge in [0, 0.05) is 20.4 Å². The Kier molecular flexibility index (Phi) is 3.59. The standard InChI is InChI=1S/C16H12BrClO2/c1-9-13-8-11(17)4-7-14(13)20-16(9)15(19)10-2-5-12(18)6-3-10/h2-8,15,19H,1H3. The number of benzene rings is 2. The molecular weight excluding hydrogens is 340 g/mol. The molecular formula is C16H12BrClO2. The van der Waals surface area contributed by atoms with Gasteiger partial charge in [0.05, 0.1) is 0 Å². The van der Waals surface area contributed by atoms with Crippen molar-refractivity contribution in [2.45, 2.75) is 13.0 Å². The molecule has 0 radical (unpaired) electrons. The minimum Gasteiger partial charge on any atom is -0.458 e. The van der Waals surface area contributed by atoms with Crippen molar-refractivity contribution in [3.8, 4) is 0 Å². The number of halogens is 2. The summed E-state index contributed by atoms with van der Waals surface area (Å²) in [5, 5.41) is 12.1. The summed E-state index contributed by atoms with van der Waals surface area (Å²) in [6.07, 6.45) is -0.793. The molecule has 0 spiro atoms. The smallest absolute Gasteiger partial charge is 0.141 e. The Balaban J connectivity index is 2.09. The van der Waals surface area contributed by atoms with Crippen LogP contribution < -0.4 is 0 Å². The van der Waals surface area contributed by atoms with E-state index in [0.717, 1.165) is 26.6 Å². The molecule has 0 aliphatic heterocycles. The highest BCUT2D eigenvalue weighted by molar-refractivity contribution is 9.10. The molecule has 0 amide bonds. The third-order valence-electron chi connectivity index (χ3n) is 3.37. The molecule has 0 aliphatic carbocycles. The van der Waals surface area contributed by atoms with Gasteiger partial charge in [0.25, 0.3) is 0 Å². The van der Waals surface area contributed by atoms with Crippen LogP contribution in [-0.4, -0.2) is 5.11 Å². The lowest BCUT2D eigenvalue weighted by molar-refractivity contribution is 0.191.